The zero-order valence-corrected chi connectivity index (χ0v) is 17.8. The summed E-state index contributed by atoms with van der Waals surface area (Å²) in [6.07, 6.45) is 0. The fourth-order valence-electron chi connectivity index (χ4n) is 4.48. The maximum atomic E-state index is 6.29. The van der Waals surface area contributed by atoms with E-state index in [1.54, 1.807) is 0 Å². The molecule has 0 atom stereocenters. The van der Waals surface area contributed by atoms with Gasteiger partial charge in [0.15, 0.2) is 0 Å². The Morgan fingerprint density at radius 1 is 0.700 bits per heavy atom. The number of furan rings is 2. The molecule has 0 bridgehead atoms. The predicted octanol–water partition coefficient (Wildman–Crippen LogP) is 4.04. The van der Waals surface area contributed by atoms with Gasteiger partial charge in [-0.05, 0) is 57.4 Å². The molecule has 0 amide bonds. The van der Waals surface area contributed by atoms with Crippen LogP contribution in [0.25, 0.3) is 43.9 Å². The van der Waals surface area contributed by atoms with Crippen LogP contribution in [0.15, 0.2) is 57.4 Å². The molecule has 3 heterocycles. The normalized spacial score (nSPS) is 18.3. The van der Waals surface area contributed by atoms with Crippen molar-refractivity contribution in [3.8, 4) is 0 Å². The second-order valence-electron chi connectivity index (χ2n) is 9.31. The molecule has 1 aliphatic rings. The summed E-state index contributed by atoms with van der Waals surface area (Å²) in [6, 6.07) is 16.4. The van der Waals surface area contributed by atoms with Crippen molar-refractivity contribution in [3.63, 3.8) is 0 Å². The number of rotatable bonds is 1. The Morgan fingerprint density at radius 2 is 1.30 bits per heavy atom. The summed E-state index contributed by atoms with van der Waals surface area (Å²) in [5, 5.41) is 4.38. The monoisotopic (exact) mass is 396 g/mol. The minimum atomic E-state index is -0.414. The quantitative estimate of drug-likeness (QED) is 0.402. The van der Waals surface area contributed by atoms with Crippen molar-refractivity contribution >= 4 is 69.8 Å². The summed E-state index contributed by atoms with van der Waals surface area (Å²) in [7, 11) is 1.69. The Kier molecular flexibility index (Phi) is 3.45. The van der Waals surface area contributed by atoms with Gasteiger partial charge in [-0.3, -0.25) is 0 Å². The Labute approximate surface area is 175 Å². The highest BCUT2D eigenvalue weighted by atomic mass is 16.7. The number of benzene rings is 3. The van der Waals surface area contributed by atoms with Gasteiger partial charge in [0.2, 0.25) is 0 Å². The van der Waals surface area contributed by atoms with Crippen LogP contribution in [0.5, 0.6) is 0 Å². The van der Waals surface area contributed by atoms with Crippen LogP contribution in [0.2, 0.25) is 0 Å². The average Bonchev–Trinajstić information content (AvgIpc) is 3.29. The average molecular weight is 396 g/mol. The van der Waals surface area contributed by atoms with Crippen molar-refractivity contribution in [1.29, 1.82) is 0 Å². The van der Waals surface area contributed by atoms with Gasteiger partial charge in [0.25, 0.3) is 0 Å². The van der Waals surface area contributed by atoms with Crippen molar-refractivity contribution < 1.29 is 18.1 Å². The zero-order chi connectivity index (χ0) is 20.8. The molecule has 5 aromatic rings. The van der Waals surface area contributed by atoms with Gasteiger partial charge in [0.1, 0.15) is 30.2 Å². The molecular formula is C24H22B2O4. The van der Waals surface area contributed by atoms with Gasteiger partial charge in [-0.1, -0.05) is 29.7 Å². The molecule has 6 heteroatoms. The molecule has 0 spiro atoms. The van der Waals surface area contributed by atoms with Gasteiger partial charge in [0, 0.05) is 21.5 Å². The lowest BCUT2D eigenvalue weighted by molar-refractivity contribution is 0.00578. The van der Waals surface area contributed by atoms with Gasteiger partial charge in [-0.15, -0.1) is 0 Å². The molecule has 0 saturated carbocycles. The predicted molar refractivity (Wildman–Crippen MR) is 125 cm³/mol. The number of hydrogen-bond donors (Lipinski definition) is 0. The summed E-state index contributed by atoms with van der Waals surface area (Å²) in [5.41, 5.74) is 4.82. The molecule has 6 rings (SSSR count). The summed E-state index contributed by atoms with van der Waals surface area (Å²) in [5.74, 6) is 0. The first-order valence-corrected chi connectivity index (χ1v) is 10.4. The molecule has 1 fully saturated rings. The lowest BCUT2D eigenvalue weighted by atomic mass is 9.70. The van der Waals surface area contributed by atoms with Crippen LogP contribution >= 0.6 is 0 Å². The highest BCUT2D eigenvalue weighted by Crippen LogP contribution is 2.40. The van der Waals surface area contributed by atoms with E-state index in [1.807, 2.05) is 30.3 Å². The molecular weight excluding hydrogens is 374 g/mol. The van der Waals surface area contributed by atoms with Crippen LogP contribution in [0.3, 0.4) is 0 Å². The standard InChI is InChI=1S/C24H22B2O4/c1-23(2)24(3,4)30-26(29-23)16-12-20-14(11-15(16)25)22-19(28-20)10-9-18-21(22)13-7-5-6-8-17(13)27-18/h5-12H,25H2,1-4H3. The van der Waals surface area contributed by atoms with Crippen LogP contribution in [0.1, 0.15) is 27.7 Å². The molecule has 0 N–H and O–H groups in total. The Hall–Kier alpha value is -2.69. The van der Waals surface area contributed by atoms with Crippen LogP contribution in [-0.4, -0.2) is 26.2 Å². The van der Waals surface area contributed by atoms with Crippen molar-refractivity contribution in [3.05, 3.63) is 48.5 Å². The minimum absolute atomic E-state index is 0.380. The van der Waals surface area contributed by atoms with E-state index in [0.29, 0.717) is 0 Å². The highest BCUT2D eigenvalue weighted by Gasteiger charge is 2.52. The number of fused-ring (bicyclic) bond motifs is 7. The third kappa shape index (κ3) is 2.32. The molecule has 1 aliphatic heterocycles. The smallest absolute Gasteiger partial charge is 0.456 e. The van der Waals surface area contributed by atoms with E-state index >= 15 is 0 Å². The largest absolute Gasteiger partial charge is 0.494 e. The van der Waals surface area contributed by atoms with Gasteiger partial charge in [0.05, 0.1) is 11.2 Å². The van der Waals surface area contributed by atoms with Crippen LogP contribution in [0.4, 0.5) is 0 Å². The van der Waals surface area contributed by atoms with E-state index in [4.69, 9.17) is 18.1 Å². The molecule has 0 radical (unpaired) electrons. The van der Waals surface area contributed by atoms with E-state index in [1.165, 1.54) is 0 Å². The molecule has 1 saturated heterocycles. The Bertz CT molecular complexity index is 1460. The summed E-state index contributed by atoms with van der Waals surface area (Å²) in [4.78, 5) is 0. The first kappa shape index (κ1) is 18.1. The fourth-order valence-corrected chi connectivity index (χ4v) is 4.48. The van der Waals surface area contributed by atoms with E-state index in [9.17, 15) is 0 Å². The highest BCUT2D eigenvalue weighted by molar-refractivity contribution is 6.68. The fraction of sp³-hybridized carbons (Fsp3) is 0.250. The Balaban J connectivity index is 1.61. The minimum Gasteiger partial charge on any atom is -0.456 e. The van der Waals surface area contributed by atoms with E-state index in [-0.39, 0.29) is 11.2 Å². The molecule has 4 nitrogen and oxygen atoms in total. The molecule has 0 aliphatic carbocycles. The maximum absolute atomic E-state index is 6.29. The topological polar surface area (TPSA) is 44.7 Å². The summed E-state index contributed by atoms with van der Waals surface area (Å²) < 4.78 is 24.9. The van der Waals surface area contributed by atoms with E-state index in [0.717, 1.165) is 54.8 Å². The molecule has 2 aromatic heterocycles. The van der Waals surface area contributed by atoms with Crippen LogP contribution in [0, 0.1) is 0 Å². The maximum Gasteiger partial charge on any atom is 0.494 e. The summed E-state index contributed by atoms with van der Waals surface area (Å²) >= 11 is 0. The second kappa shape index (κ2) is 5.71. The molecule has 3 aromatic carbocycles. The van der Waals surface area contributed by atoms with Gasteiger partial charge in [-0.2, -0.15) is 0 Å². The van der Waals surface area contributed by atoms with Gasteiger partial charge in [-0.25, -0.2) is 0 Å². The van der Waals surface area contributed by atoms with Crippen LogP contribution < -0.4 is 10.9 Å². The van der Waals surface area contributed by atoms with Gasteiger partial charge < -0.3 is 18.1 Å². The van der Waals surface area contributed by atoms with E-state index < -0.39 is 7.12 Å². The van der Waals surface area contributed by atoms with Crippen LogP contribution in [-0.2, 0) is 9.31 Å². The van der Waals surface area contributed by atoms with Crippen molar-refractivity contribution in [1.82, 2.24) is 0 Å². The Morgan fingerprint density at radius 3 is 2.00 bits per heavy atom. The molecule has 30 heavy (non-hydrogen) atoms. The lowest BCUT2D eigenvalue weighted by Crippen LogP contribution is -2.43. The summed E-state index contributed by atoms with van der Waals surface area (Å²) in [6.45, 7) is 8.29. The third-order valence-corrected chi connectivity index (χ3v) is 6.87. The van der Waals surface area contributed by atoms with Crippen molar-refractivity contribution in [2.75, 3.05) is 0 Å². The third-order valence-electron chi connectivity index (χ3n) is 6.87. The first-order valence-electron chi connectivity index (χ1n) is 10.4. The van der Waals surface area contributed by atoms with E-state index in [2.05, 4.69) is 53.7 Å². The SMILES string of the molecule is Bc1cc2c(cc1B1OC(C)(C)C(C)(C)O1)oc1ccc3oc4ccccc4c3c12. The first-order chi connectivity index (χ1) is 14.2. The lowest BCUT2D eigenvalue weighted by Gasteiger charge is -2.32. The molecule has 148 valence electrons. The number of para-hydroxylation sites is 1. The zero-order valence-electron chi connectivity index (χ0n) is 17.8. The second-order valence-corrected chi connectivity index (χ2v) is 9.31. The molecule has 0 unspecified atom stereocenters. The van der Waals surface area contributed by atoms with Gasteiger partial charge >= 0.3 is 7.12 Å². The van der Waals surface area contributed by atoms with Crippen molar-refractivity contribution in [2.24, 2.45) is 0 Å². The van der Waals surface area contributed by atoms with Crippen molar-refractivity contribution in [2.45, 2.75) is 38.9 Å². The number of hydrogen-bond acceptors (Lipinski definition) is 4.